The van der Waals surface area contributed by atoms with Gasteiger partial charge in [-0.1, -0.05) is 20.8 Å². The highest BCUT2D eigenvalue weighted by Gasteiger charge is 2.41. The Morgan fingerprint density at radius 1 is 0.933 bits per heavy atom. The monoisotopic (exact) mass is 206 g/mol. The van der Waals surface area contributed by atoms with Gasteiger partial charge in [-0.25, -0.2) is 0 Å². The molecule has 0 aromatic heterocycles. The molecule has 4 nitrogen and oxygen atoms in total. The Balaban J connectivity index is 2.63. The second-order valence-electron chi connectivity index (χ2n) is 4.91. The zero-order valence-electron chi connectivity index (χ0n) is 9.32. The summed E-state index contributed by atoms with van der Waals surface area (Å²) in [6, 6.07) is 0. The lowest BCUT2D eigenvalue weighted by molar-refractivity contribution is -0.117. The van der Waals surface area contributed by atoms with Crippen molar-refractivity contribution >= 4 is 11.8 Å². The van der Waals surface area contributed by atoms with Crippen LogP contribution in [-0.2, 0) is 9.59 Å². The van der Waals surface area contributed by atoms with Gasteiger partial charge in [-0.2, -0.15) is 0 Å². The molecule has 0 aromatic rings. The fourth-order valence-corrected chi connectivity index (χ4v) is 1.92. The van der Waals surface area contributed by atoms with Crippen LogP contribution in [0.5, 0.6) is 0 Å². The Morgan fingerprint density at radius 2 is 1.47 bits per heavy atom. The molecule has 0 saturated heterocycles. The number of hydrogen-bond acceptors (Lipinski definition) is 2. The van der Waals surface area contributed by atoms with Crippen LogP contribution >= 0.6 is 0 Å². The van der Waals surface area contributed by atoms with Crippen LogP contribution in [0.2, 0.25) is 0 Å². The molecule has 0 fully saturated rings. The van der Waals surface area contributed by atoms with Crippen LogP contribution in [0.1, 0.15) is 27.7 Å². The standard InChI is InChI=1S/C11H14N2O2/c1-5-6-7(10(15)12-5)8(11(2,3)4)13-9(6)14/h1-4H3,(H,12,15)(H,13,14). The van der Waals surface area contributed by atoms with E-state index in [4.69, 9.17) is 0 Å². The van der Waals surface area contributed by atoms with Crippen LogP contribution in [-0.4, -0.2) is 11.8 Å². The van der Waals surface area contributed by atoms with Crippen molar-refractivity contribution in [3.8, 4) is 0 Å². The van der Waals surface area contributed by atoms with Crippen molar-refractivity contribution in [2.75, 3.05) is 0 Å². The first-order chi connectivity index (χ1) is 6.82. The molecule has 2 N–H and O–H groups in total. The highest BCUT2D eigenvalue weighted by atomic mass is 16.2. The number of nitrogens with one attached hydrogen (secondary N) is 2. The predicted octanol–water partition coefficient (Wildman–Crippen LogP) is 0.820. The molecule has 4 heteroatoms. The van der Waals surface area contributed by atoms with Gasteiger partial charge >= 0.3 is 0 Å². The Bertz CT molecular complexity index is 436. The lowest BCUT2D eigenvalue weighted by Crippen LogP contribution is -2.28. The minimum atomic E-state index is -0.227. The zero-order valence-corrected chi connectivity index (χ0v) is 9.32. The summed E-state index contributed by atoms with van der Waals surface area (Å²) in [4.78, 5) is 23.3. The summed E-state index contributed by atoms with van der Waals surface area (Å²) >= 11 is 0. The van der Waals surface area contributed by atoms with Crippen molar-refractivity contribution in [3.05, 3.63) is 22.5 Å². The summed E-state index contributed by atoms with van der Waals surface area (Å²) < 4.78 is 0. The van der Waals surface area contributed by atoms with E-state index in [1.54, 1.807) is 6.92 Å². The molecule has 0 aromatic carbocycles. The van der Waals surface area contributed by atoms with E-state index in [1.807, 2.05) is 20.8 Å². The minimum Gasteiger partial charge on any atom is -0.325 e. The third-order valence-electron chi connectivity index (χ3n) is 2.62. The first-order valence-corrected chi connectivity index (χ1v) is 4.91. The van der Waals surface area contributed by atoms with E-state index in [1.165, 1.54) is 0 Å². The van der Waals surface area contributed by atoms with Crippen molar-refractivity contribution in [1.29, 1.82) is 0 Å². The van der Waals surface area contributed by atoms with Crippen LogP contribution in [0.25, 0.3) is 0 Å². The zero-order chi connectivity index (χ0) is 11.4. The van der Waals surface area contributed by atoms with E-state index < -0.39 is 0 Å². The largest absolute Gasteiger partial charge is 0.325 e. The molecular weight excluding hydrogens is 192 g/mol. The molecule has 0 bridgehead atoms. The van der Waals surface area contributed by atoms with Gasteiger partial charge in [0.25, 0.3) is 11.8 Å². The molecule has 0 unspecified atom stereocenters. The van der Waals surface area contributed by atoms with Crippen LogP contribution in [0.3, 0.4) is 0 Å². The molecule has 2 aliphatic rings. The number of fused-ring (bicyclic) bond motifs is 1. The average molecular weight is 206 g/mol. The highest BCUT2D eigenvalue weighted by Crippen LogP contribution is 2.36. The Kier molecular flexibility index (Phi) is 1.80. The summed E-state index contributed by atoms with van der Waals surface area (Å²) in [6.07, 6.45) is 0. The topological polar surface area (TPSA) is 58.2 Å². The van der Waals surface area contributed by atoms with Gasteiger partial charge in [0.2, 0.25) is 0 Å². The van der Waals surface area contributed by atoms with Crippen LogP contribution in [0, 0.1) is 5.41 Å². The lowest BCUT2D eigenvalue weighted by atomic mass is 9.89. The number of carbonyl (C=O) groups excluding carboxylic acids is 2. The Labute approximate surface area is 88.4 Å². The molecule has 15 heavy (non-hydrogen) atoms. The van der Waals surface area contributed by atoms with Gasteiger partial charge in [0.05, 0.1) is 11.1 Å². The highest BCUT2D eigenvalue weighted by molar-refractivity contribution is 6.19. The molecular formula is C11H14N2O2. The van der Waals surface area contributed by atoms with Gasteiger partial charge in [-0.15, -0.1) is 0 Å². The van der Waals surface area contributed by atoms with E-state index in [0.717, 1.165) is 5.70 Å². The first kappa shape index (κ1) is 9.96. The molecule has 0 aliphatic carbocycles. The minimum absolute atomic E-state index is 0.175. The lowest BCUT2D eigenvalue weighted by Gasteiger charge is -2.20. The number of carbonyl (C=O) groups is 2. The first-order valence-electron chi connectivity index (χ1n) is 4.91. The van der Waals surface area contributed by atoms with Gasteiger partial charge in [0, 0.05) is 16.8 Å². The molecule has 2 amide bonds. The van der Waals surface area contributed by atoms with Crippen molar-refractivity contribution in [2.24, 2.45) is 5.41 Å². The summed E-state index contributed by atoms with van der Waals surface area (Å²) in [5.74, 6) is -0.350. The molecule has 0 radical (unpaired) electrons. The van der Waals surface area contributed by atoms with E-state index in [0.29, 0.717) is 16.8 Å². The molecule has 80 valence electrons. The maximum atomic E-state index is 11.7. The number of hydrogen-bond donors (Lipinski definition) is 2. The number of amides is 2. The summed E-state index contributed by atoms with van der Waals surface area (Å²) in [7, 11) is 0. The van der Waals surface area contributed by atoms with Gasteiger partial charge in [0.1, 0.15) is 0 Å². The fraction of sp³-hybridized carbons (Fsp3) is 0.455. The van der Waals surface area contributed by atoms with Crippen LogP contribution in [0.4, 0.5) is 0 Å². The van der Waals surface area contributed by atoms with E-state index >= 15 is 0 Å². The molecule has 0 spiro atoms. The number of allylic oxidation sites excluding steroid dienone is 2. The quantitative estimate of drug-likeness (QED) is 0.616. The summed E-state index contributed by atoms with van der Waals surface area (Å²) in [5.41, 5.74) is 2.16. The predicted molar refractivity (Wildman–Crippen MR) is 55.5 cm³/mol. The molecule has 0 saturated carbocycles. The van der Waals surface area contributed by atoms with Crippen LogP contribution < -0.4 is 10.6 Å². The second kappa shape index (κ2) is 2.72. The van der Waals surface area contributed by atoms with Gasteiger partial charge in [-0.05, 0) is 6.92 Å². The Hall–Kier alpha value is -1.58. The smallest absolute Gasteiger partial charge is 0.258 e. The second-order valence-corrected chi connectivity index (χ2v) is 4.91. The van der Waals surface area contributed by atoms with E-state index in [9.17, 15) is 9.59 Å². The van der Waals surface area contributed by atoms with E-state index in [-0.39, 0.29) is 17.2 Å². The average Bonchev–Trinajstić information content (AvgIpc) is 2.53. The summed E-state index contributed by atoms with van der Waals surface area (Å²) in [5, 5.41) is 5.45. The van der Waals surface area contributed by atoms with Crippen molar-refractivity contribution < 1.29 is 9.59 Å². The molecule has 0 atom stereocenters. The van der Waals surface area contributed by atoms with Crippen molar-refractivity contribution in [2.45, 2.75) is 27.7 Å². The van der Waals surface area contributed by atoms with Gasteiger partial charge < -0.3 is 10.6 Å². The van der Waals surface area contributed by atoms with Gasteiger partial charge in [-0.3, -0.25) is 9.59 Å². The molecule has 2 aliphatic heterocycles. The third kappa shape index (κ3) is 1.28. The maximum absolute atomic E-state index is 11.7. The molecule has 2 rings (SSSR count). The Morgan fingerprint density at radius 3 is 2.00 bits per heavy atom. The fourth-order valence-electron chi connectivity index (χ4n) is 1.92. The SMILES string of the molecule is CC1=C2C(=O)NC(C(C)(C)C)=C2C(=O)N1. The summed E-state index contributed by atoms with van der Waals surface area (Å²) in [6.45, 7) is 7.66. The van der Waals surface area contributed by atoms with Crippen molar-refractivity contribution in [1.82, 2.24) is 10.6 Å². The molecule has 2 heterocycles. The van der Waals surface area contributed by atoms with E-state index in [2.05, 4.69) is 10.6 Å². The van der Waals surface area contributed by atoms with Crippen LogP contribution in [0.15, 0.2) is 22.5 Å². The third-order valence-corrected chi connectivity index (χ3v) is 2.62. The normalized spacial score (nSPS) is 20.8. The van der Waals surface area contributed by atoms with Gasteiger partial charge in [0.15, 0.2) is 0 Å². The number of rotatable bonds is 0. The maximum Gasteiger partial charge on any atom is 0.258 e. The van der Waals surface area contributed by atoms with Crippen molar-refractivity contribution in [3.63, 3.8) is 0 Å².